The first-order valence-electron chi connectivity index (χ1n) is 9.75. The van der Waals surface area contributed by atoms with Gasteiger partial charge in [-0.15, -0.1) is 0 Å². The molecule has 0 radical (unpaired) electrons. The second kappa shape index (κ2) is 7.99. The lowest BCUT2D eigenvalue weighted by atomic mass is 10.2. The van der Waals surface area contributed by atoms with Gasteiger partial charge in [0.25, 0.3) is 12.3 Å². The molecule has 4 aromatic rings. The number of hydrogen-bond acceptors (Lipinski definition) is 6. The fourth-order valence-electron chi connectivity index (χ4n) is 3.62. The minimum atomic E-state index is -2.70. The summed E-state index contributed by atoms with van der Waals surface area (Å²) in [6.07, 6.45) is -2.32. The van der Waals surface area contributed by atoms with E-state index in [9.17, 15) is 23.2 Å². The van der Waals surface area contributed by atoms with Crippen LogP contribution in [0, 0.1) is 0 Å². The maximum absolute atomic E-state index is 13.6. The molecule has 1 amide bonds. The molecule has 3 N–H and O–H groups in total. The first-order chi connectivity index (χ1) is 16.2. The Morgan fingerprint density at radius 3 is 2.47 bits per heavy atom. The van der Waals surface area contributed by atoms with Gasteiger partial charge in [0, 0.05) is 11.8 Å². The zero-order chi connectivity index (χ0) is 24.2. The molecule has 2 aromatic heterocycles. The van der Waals surface area contributed by atoms with E-state index < -0.39 is 29.3 Å². The van der Waals surface area contributed by atoms with Gasteiger partial charge in [-0.2, -0.15) is 0 Å². The molecule has 14 heteroatoms. The molecule has 0 spiro atoms. The average molecular weight is 512 g/mol. The molecule has 0 aliphatic heterocycles. The van der Waals surface area contributed by atoms with Crippen LogP contribution < -0.4 is 21.5 Å². The lowest BCUT2D eigenvalue weighted by molar-refractivity contribution is 0.0675. The van der Waals surface area contributed by atoms with Crippen LogP contribution in [0.5, 0.6) is 11.5 Å². The van der Waals surface area contributed by atoms with Crippen molar-refractivity contribution in [3.63, 3.8) is 0 Å². The van der Waals surface area contributed by atoms with Gasteiger partial charge in [0.2, 0.25) is 5.82 Å². The molecule has 0 atom stereocenters. The standard InChI is InChI=1S/C20H13Cl2F2N5O5/c21-10-5-8(25-16(30)15-27-19(32)34-28-15)6-11(22)14(10)33-9-1-2-12-13(7-9)29(18(31)26-12)20(3-4-20)17(23)24/h1-2,5-7,17H,3-4H2,(H,25,30)(H,26,31)(H,27,28,32). The third-order valence-corrected chi connectivity index (χ3v) is 5.96. The highest BCUT2D eigenvalue weighted by Crippen LogP contribution is 2.49. The van der Waals surface area contributed by atoms with E-state index in [1.165, 1.54) is 30.3 Å². The lowest BCUT2D eigenvalue weighted by Crippen LogP contribution is -2.33. The number of carbonyl (C=O) groups excluding carboxylic acids is 1. The van der Waals surface area contributed by atoms with E-state index in [0.717, 1.165) is 4.57 Å². The topological polar surface area (TPSA) is 135 Å². The Hall–Kier alpha value is -3.64. The van der Waals surface area contributed by atoms with Crippen LogP contribution in [-0.2, 0) is 5.54 Å². The molecule has 0 saturated heterocycles. The Balaban J connectivity index is 1.44. The van der Waals surface area contributed by atoms with Crippen LogP contribution in [0.1, 0.15) is 23.5 Å². The van der Waals surface area contributed by atoms with Gasteiger partial charge >= 0.3 is 11.4 Å². The minimum Gasteiger partial charge on any atom is -0.454 e. The van der Waals surface area contributed by atoms with Crippen molar-refractivity contribution in [3.05, 3.63) is 67.2 Å². The predicted octanol–water partition coefficient (Wildman–Crippen LogP) is 4.11. The number of carbonyl (C=O) groups is 1. The molecular formula is C20H13Cl2F2N5O5. The van der Waals surface area contributed by atoms with Crippen LogP contribution in [0.2, 0.25) is 10.0 Å². The number of imidazole rings is 1. The molecular weight excluding hydrogens is 499 g/mol. The first-order valence-corrected chi connectivity index (χ1v) is 10.5. The number of aromatic nitrogens is 4. The summed E-state index contributed by atoms with van der Waals surface area (Å²) in [6.45, 7) is 0. The van der Waals surface area contributed by atoms with Gasteiger partial charge < -0.3 is 15.0 Å². The van der Waals surface area contributed by atoms with E-state index in [0.29, 0.717) is 5.52 Å². The van der Waals surface area contributed by atoms with Gasteiger partial charge in [-0.3, -0.25) is 18.9 Å². The number of amides is 1. The number of halogens is 4. The summed E-state index contributed by atoms with van der Waals surface area (Å²) in [5, 5.41) is 5.77. The first kappa shape index (κ1) is 22.2. The number of nitrogens with one attached hydrogen (secondary N) is 3. The van der Waals surface area contributed by atoms with Crippen LogP contribution in [0.4, 0.5) is 14.5 Å². The normalized spacial score (nSPS) is 14.5. The van der Waals surface area contributed by atoms with Crippen molar-refractivity contribution < 1.29 is 22.8 Å². The van der Waals surface area contributed by atoms with E-state index in [2.05, 4.69) is 25.0 Å². The van der Waals surface area contributed by atoms with Gasteiger partial charge in [-0.05, 0) is 42.3 Å². The fourth-order valence-corrected chi connectivity index (χ4v) is 4.19. The Morgan fingerprint density at radius 1 is 1.18 bits per heavy atom. The number of anilines is 1. The molecule has 0 bridgehead atoms. The Morgan fingerprint density at radius 2 is 1.88 bits per heavy atom. The largest absolute Gasteiger partial charge is 0.454 e. The van der Waals surface area contributed by atoms with Gasteiger partial charge in [-0.25, -0.2) is 18.4 Å². The van der Waals surface area contributed by atoms with Crippen LogP contribution in [-0.4, -0.2) is 32.0 Å². The minimum absolute atomic E-state index is 0.0224. The van der Waals surface area contributed by atoms with Gasteiger partial charge in [0.1, 0.15) is 11.3 Å². The smallest absolute Gasteiger partial charge is 0.439 e. The van der Waals surface area contributed by atoms with Gasteiger partial charge in [0.15, 0.2) is 5.75 Å². The number of hydrogen-bond donors (Lipinski definition) is 3. The van der Waals surface area contributed by atoms with Gasteiger partial charge in [-0.1, -0.05) is 23.2 Å². The molecule has 1 aliphatic carbocycles. The third kappa shape index (κ3) is 3.74. The summed E-state index contributed by atoms with van der Waals surface area (Å²) >= 11 is 12.6. The number of nitrogens with zero attached hydrogens (tertiary/aromatic N) is 2. The van der Waals surface area contributed by atoms with E-state index in [1.54, 1.807) is 0 Å². The van der Waals surface area contributed by atoms with Crippen molar-refractivity contribution in [2.45, 2.75) is 24.8 Å². The molecule has 1 aliphatic rings. The highest BCUT2D eigenvalue weighted by molar-refractivity contribution is 6.37. The van der Waals surface area contributed by atoms with Crippen LogP contribution in [0.25, 0.3) is 11.0 Å². The molecule has 2 aromatic carbocycles. The number of ether oxygens (including phenoxy) is 1. The summed E-state index contributed by atoms with van der Waals surface area (Å²) in [4.78, 5) is 40.1. The molecule has 0 unspecified atom stereocenters. The van der Waals surface area contributed by atoms with Crippen molar-refractivity contribution in [1.29, 1.82) is 0 Å². The monoisotopic (exact) mass is 511 g/mol. The van der Waals surface area contributed by atoms with Crippen molar-refractivity contribution >= 4 is 45.8 Å². The Labute approximate surface area is 197 Å². The van der Waals surface area contributed by atoms with Gasteiger partial charge in [0.05, 0.1) is 21.1 Å². The van der Waals surface area contributed by atoms with Crippen LogP contribution >= 0.6 is 23.2 Å². The predicted molar refractivity (Wildman–Crippen MR) is 117 cm³/mol. The second-order valence-corrected chi connectivity index (χ2v) is 8.43. The molecule has 2 heterocycles. The maximum atomic E-state index is 13.6. The molecule has 5 rings (SSSR count). The van der Waals surface area contributed by atoms with Crippen molar-refractivity contribution in [1.82, 2.24) is 19.7 Å². The number of rotatable bonds is 6. The van der Waals surface area contributed by atoms with Crippen molar-refractivity contribution in [3.8, 4) is 11.5 Å². The average Bonchev–Trinajstić information content (AvgIpc) is 3.34. The highest BCUT2D eigenvalue weighted by atomic mass is 35.5. The SMILES string of the molecule is O=C(Nc1cc(Cl)c(Oc2ccc3[nH]c(=O)n(C4(C(F)F)CC4)c3c2)c(Cl)c1)c1noc(=O)[nH]1. The molecule has 1 saturated carbocycles. The number of aromatic amines is 2. The summed E-state index contributed by atoms with van der Waals surface area (Å²) < 4.78 is 38.4. The zero-order valence-electron chi connectivity index (χ0n) is 16.8. The van der Waals surface area contributed by atoms with Crippen LogP contribution in [0.3, 0.4) is 0 Å². The molecule has 34 heavy (non-hydrogen) atoms. The van der Waals surface area contributed by atoms with Crippen LogP contribution in [0.15, 0.2) is 44.4 Å². The molecule has 1 fully saturated rings. The summed E-state index contributed by atoms with van der Waals surface area (Å²) in [6, 6.07) is 7.19. The second-order valence-electron chi connectivity index (χ2n) is 7.62. The zero-order valence-corrected chi connectivity index (χ0v) is 18.3. The van der Waals surface area contributed by atoms with E-state index in [1.807, 2.05) is 0 Å². The number of alkyl halides is 2. The number of H-pyrrole nitrogens is 2. The summed E-state index contributed by atoms with van der Waals surface area (Å²) in [5.41, 5.74) is -1.34. The highest BCUT2D eigenvalue weighted by Gasteiger charge is 2.54. The molecule has 10 nitrogen and oxygen atoms in total. The maximum Gasteiger partial charge on any atom is 0.439 e. The van der Waals surface area contributed by atoms with E-state index in [-0.39, 0.29) is 51.4 Å². The lowest BCUT2D eigenvalue weighted by Gasteiger charge is -2.16. The van der Waals surface area contributed by atoms with Crippen molar-refractivity contribution in [2.75, 3.05) is 5.32 Å². The summed E-state index contributed by atoms with van der Waals surface area (Å²) in [5.74, 6) is -1.77. The number of benzene rings is 2. The Kier molecular flexibility index (Phi) is 5.21. The van der Waals surface area contributed by atoms with E-state index in [4.69, 9.17) is 27.9 Å². The number of fused-ring (bicyclic) bond motifs is 1. The fraction of sp³-hybridized carbons (Fsp3) is 0.200. The van der Waals surface area contributed by atoms with Crippen molar-refractivity contribution in [2.24, 2.45) is 0 Å². The Bertz CT molecular complexity index is 1530. The quantitative estimate of drug-likeness (QED) is 0.356. The van der Waals surface area contributed by atoms with E-state index >= 15 is 0 Å². The summed E-state index contributed by atoms with van der Waals surface area (Å²) in [7, 11) is 0. The molecule has 176 valence electrons. The third-order valence-electron chi connectivity index (χ3n) is 5.40.